The molecule has 0 N–H and O–H groups in total. The van der Waals surface area contributed by atoms with Crippen molar-refractivity contribution in [3.63, 3.8) is 0 Å². The third-order valence-electron chi connectivity index (χ3n) is 4.20. The first-order valence-electron chi connectivity index (χ1n) is 7.12. The normalized spacial score (nSPS) is 17.9. The molecule has 1 aromatic carbocycles. The van der Waals surface area contributed by atoms with Crippen LogP contribution in [0.4, 0.5) is 0 Å². The lowest BCUT2D eigenvalue weighted by Gasteiger charge is -2.35. The number of likely N-dealkylation sites (tertiary alicyclic amines) is 1. The Balaban J connectivity index is 1.95. The highest BCUT2D eigenvalue weighted by Gasteiger charge is 2.20. The van der Waals surface area contributed by atoms with Gasteiger partial charge in [0.15, 0.2) is 0 Å². The zero-order chi connectivity index (χ0) is 13.8. The second-order valence-electron chi connectivity index (χ2n) is 5.75. The minimum atomic E-state index is 0.721. The second-order valence-corrected chi connectivity index (χ2v) is 5.75. The fourth-order valence-electron chi connectivity index (χ4n) is 2.89. The zero-order valence-electron chi connectivity index (χ0n) is 12.6. The smallest absolute Gasteiger partial charge is 0.121 e. The van der Waals surface area contributed by atoms with Crippen LogP contribution in [0.3, 0.4) is 0 Å². The highest BCUT2D eigenvalue weighted by Crippen LogP contribution is 2.21. The molecular weight excluding hydrogens is 236 g/mol. The van der Waals surface area contributed by atoms with Gasteiger partial charge in [0.25, 0.3) is 0 Å². The molecule has 2 rings (SSSR count). The molecule has 1 aliphatic rings. The topological polar surface area (TPSA) is 15.7 Å². The van der Waals surface area contributed by atoms with Crippen molar-refractivity contribution >= 4 is 0 Å². The van der Waals surface area contributed by atoms with Crippen molar-refractivity contribution in [2.75, 3.05) is 34.3 Å². The maximum Gasteiger partial charge on any atom is 0.121 e. The molecule has 1 saturated heterocycles. The molecule has 1 aliphatic heterocycles. The molecule has 3 heteroatoms. The predicted octanol–water partition coefficient (Wildman–Crippen LogP) is 2.53. The molecule has 3 nitrogen and oxygen atoms in total. The van der Waals surface area contributed by atoms with Gasteiger partial charge < -0.3 is 9.64 Å². The van der Waals surface area contributed by atoms with Gasteiger partial charge in [-0.1, -0.05) is 12.1 Å². The summed E-state index contributed by atoms with van der Waals surface area (Å²) in [7, 11) is 6.19. The van der Waals surface area contributed by atoms with Crippen LogP contribution < -0.4 is 4.74 Å². The number of nitrogens with zero attached hydrogens (tertiary/aromatic N) is 2. The van der Waals surface area contributed by atoms with Crippen LogP contribution in [-0.4, -0.2) is 50.1 Å². The molecule has 0 radical (unpaired) electrons. The summed E-state index contributed by atoms with van der Waals surface area (Å²) >= 11 is 0. The van der Waals surface area contributed by atoms with Crippen molar-refractivity contribution in [2.45, 2.75) is 32.4 Å². The highest BCUT2D eigenvalue weighted by atomic mass is 16.5. The maximum atomic E-state index is 5.31. The quantitative estimate of drug-likeness (QED) is 0.829. The Bertz CT molecular complexity index is 411. The van der Waals surface area contributed by atoms with E-state index in [1.807, 2.05) is 0 Å². The summed E-state index contributed by atoms with van der Waals surface area (Å²) in [6, 6.07) is 7.22. The van der Waals surface area contributed by atoms with Crippen LogP contribution in [0.1, 0.15) is 24.0 Å². The van der Waals surface area contributed by atoms with Crippen molar-refractivity contribution in [2.24, 2.45) is 0 Å². The lowest BCUT2D eigenvalue weighted by molar-refractivity contribution is 0.139. The van der Waals surface area contributed by atoms with E-state index in [4.69, 9.17) is 4.74 Å². The van der Waals surface area contributed by atoms with Crippen LogP contribution in [0.2, 0.25) is 0 Å². The number of methoxy groups -OCH3 is 1. The number of benzene rings is 1. The first kappa shape index (κ1) is 14.4. The van der Waals surface area contributed by atoms with E-state index in [2.05, 4.69) is 49.0 Å². The lowest BCUT2D eigenvalue weighted by atomic mass is 10.0. The van der Waals surface area contributed by atoms with Gasteiger partial charge in [-0.05, 0) is 64.1 Å². The minimum Gasteiger partial charge on any atom is -0.496 e. The summed E-state index contributed by atoms with van der Waals surface area (Å²) in [5.74, 6) is 0.977. The van der Waals surface area contributed by atoms with Crippen LogP contribution in [0, 0.1) is 6.92 Å². The Morgan fingerprint density at radius 2 is 2.00 bits per heavy atom. The van der Waals surface area contributed by atoms with E-state index in [9.17, 15) is 0 Å². The molecule has 0 bridgehead atoms. The number of aryl methyl sites for hydroxylation is 1. The fourth-order valence-corrected chi connectivity index (χ4v) is 2.89. The SMILES string of the molecule is COc1ccc(CN(C)C2CCN(C)CC2)cc1C. The third kappa shape index (κ3) is 3.71. The summed E-state index contributed by atoms with van der Waals surface area (Å²) in [5.41, 5.74) is 2.59. The minimum absolute atomic E-state index is 0.721. The summed E-state index contributed by atoms with van der Waals surface area (Å²) in [4.78, 5) is 4.91. The number of ether oxygens (including phenoxy) is 1. The van der Waals surface area contributed by atoms with Gasteiger partial charge in [0.1, 0.15) is 5.75 Å². The lowest BCUT2D eigenvalue weighted by Crippen LogP contribution is -2.41. The Hall–Kier alpha value is -1.06. The number of hydrogen-bond acceptors (Lipinski definition) is 3. The summed E-state index contributed by atoms with van der Waals surface area (Å²) in [6.45, 7) is 5.57. The highest BCUT2D eigenvalue weighted by molar-refractivity contribution is 5.36. The average molecular weight is 262 g/mol. The Morgan fingerprint density at radius 3 is 2.58 bits per heavy atom. The van der Waals surface area contributed by atoms with E-state index in [1.165, 1.54) is 37.1 Å². The van der Waals surface area contributed by atoms with Crippen LogP contribution >= 0.6 is 0 Å². The summed E-state index contributed by atoms with van der Waals surface area (Å²) in [5, 5.41) is 0. The number of piperidine rings is 1. The van der Waals surface area contributed by atoms with Crippen molar-refractivity contribution < 1.29 is 4.74 Å². The first-order valence-corrected chi connectivity index (χ1v) is 7.12. The Kier molecular flexibility index (Phi) is 4.83. The standard InChI is InChI=1S/C16H26N2O/c1-13-11-14(5-6-16(13)19-4)12-18(3)15-7-9-17(2)10-8-15/h5-6,11,15H,7-10,12H2,1-4H3. The summed E-state index contributed by atoms with van der Waals surface area (Å²) in [6.07, 6.45) is 2.56. The molecule has 1 heterocycles. The van der Waals surface area contributed by atoms with E-state index in [-0.39, 0.29) is 0 Å². The first-order chi connectivity index (χ1) is 9.10. The summed E-state index contributed by atoms with van der Waals surface area (Å²) < 4.78 is 5.31. The molecule has 0 atom stereocenters. The van der Waals surface area contributed by atoms with Gasteiger partial charge in [-0.3, -0.25) is 4.90 Å². The Labute approximate surface area is 117 Å². The Morgan fingerprint density at radius 1 is 1.32 bits per heavy atom. The van der Waals surface area contributed by atoms with Gasteiger partial charge >= 0.3 is 0 Å². The van der Waals surface area contributed by atoms with Gasteiger partial charge in [0.2, 0.25) is 0 Å². The van der Waals surface area contributed by atoms with E-state index in [1.54, 1.807) is 7.11 Å². The molecule has 0 aromatic heterocycles. The van der Waals surface area contributed by atoms with E-state index < -0.39 is 0 Å². The van der Waals surface area contributed by atoms with Gasteiger partial charge in [-0.25, -0.2) is 0 Å². The largest absolute Gasteiger partial charge is 0.496 e. The van der Waals surface area contributed by atoms with Crippen molar-refractivity contribution in [1.29, 1.82) is 0 Å². The molecule has 1 aromatic rings. The zero-order valence-corrected chi connectivity index (χ0v) is 12.6. The molecular formula is C16H26N2O. The van der Waals surface area contributed by atoms with Gasteiger partial charge in [0, 0.05) is 12.6 Å². The molecule has 0 spiro atoms. The molecule has 0 amide bonds. The monoisotopic (exact) mass is 262 g/mol. The molecule has 0 unspecified atom stereocenters. The number of hydrogen-bond donors (Lipinski definition) is 0. The van der Waals surface area contributed by atoms with E-state index >= 15 is 0 Å². The van der Waals surface area contributed by atoms with E-state index in [0.717, 1.165) is 18.3 Å². The van der Waals surface area contributed by atoms with Crippen LogP contribution in [-0.2, 0) is 6.54 Å². The molecule has 106 valence electrons. The van der Waals surface area contributed by atoms with Crippen LogP contribution in [0.15, 0.2) is 18.2 Å². The predicted molar refractivity (Wildman–Crippen MR) is 79.7 cm³/mol. The third-order valence-corrected chi connectivity index (χ3v) is 4.20. The maximum absolute atomic E-state index is 5.31. The van der Waals surface area contributed by atoms with Gasteiger partial charge in [0.05, 0.1) is 7.11 Å². The van der Waals surface area contributed by atoms with Crippen molar-refractivity contribution in [1.82, 2.24) is 9.80 Å². The average Bonchev–Trinajstić information content (AvgIpc) is 2.39. The number of rotatable bonds is 4. The van der Waals surface area contributed by atoms with Crippen molar-refractivity contribution in [3.8, 4) is 5.75 Å². The van der Waals surface area contributed by atoms with Crippen LogP contribution in [0.25, 0.3) is 0 Å². The molecule has 19 heavy (non-hydrogen) atoms. The second kappa shape index (κ2) is 6.40. The molecule has 1 fully saturated rings. The molecule has 0 aliphatic carbocycles. The van der Waals surface area contributed by atoms with E-state index in [0.29, 0.717) is 0 Å². The van der Waals surface area contributed by atoms with Crippen LogP contribution in [0.5, 0.6) is 5.75 Å². The fraction of sp³-hybridized carbons (Fsp3) is 0.625. The van der Waals surface area contributed by atoms with Gasteiger partial charge in [-0.15, -0.1) is 0 Å². The molecule has 0 saturated carbocycles. The van der Waals surface area contributed by atoms with Crippen molar-refractivity contribution in [3.05, 3.63) is 29.3 Å². The van der Waals surface area contributed by atoms with Gasteiger partial charge in [-0.2, -0.15) is 0 Å².